The Labute approximate surface area is 208 Å². The Bertz CT molecular complexity index is 1230. The lowest BCUT2D eigenvalue weighted by atomic mass is 10.1. The minimum Gasteiger partial charge on any atom is -0.497 e. The molecule has 1 amide bonds. The van der Waals surface area contributed by atoms with E-state index >= 15 is 0 Å². The summed E-state index contributed by atoms with van der Waals surface area (Å²) in [4.78, 5) is 12.5. The zero-order valence-electron chi connectivity index (χ0n) is 19.5. The standard InChI is InChI=1S/C26H24ClN3O5/c1-4-34-24-10-19(9-23(27)25(24)35-16-18-7-5-17(14-28)6-8-18)15-29-30-26(31)20-11-21(32-2)13-22(12-20)33-3/h5-13,15H,4,16H2,1-3H3,(H,30,31)/b29-15-. The molecule has 0 aromatic heterocycles. The third-order valence-electron chi connectivity index (χ3n) is 4.79. The number of hydrazone groups is 1. The van der Waals surface area contributed by atoms with Crippen LogP contribution in [0.2, 0.25) is 5.02 Å². The number of ether oxygens (including phenoxy) is 4. The highest BCUT2D eigenvalue weighted by molar-refractivity contribution is 6.32. The first-order valence-electron chi connectivity index (χ1n) is 10.6. The van der Waals surface area contributed by atoms with Crippen molar-refractivity contribution in [3.8, 4) is 29.1 Å². The van der Waals surface area contributed by atoms with Crippen LogP contribution in [0.15, 0.2) is 59.7 Å². The maximum atomic E-state index is 12.5. The molecule has 0 saturated carbocycles. The van der Waals surface area contributed by atoms with Gasteiger partial charge in [-0.15, -0.1) is 0 Å². The number of rotatable bonds is 10. The highest BCUT2D eigenvalue weighted by atomic mass is 35.5. The van der Waals surface area contributed by atoms with Crippen molar-refractivity contribution in [2.45, 2.75) is 13.5 Å². The fourth-order valence-corrected chi connectivity index (χ4v) is 3.34. The normalized spacial score (nSPS) is 10.5. The van der Waals surface area contributed by atoms with Crippen molar-refractivity contribution >= 4 is 23.7 Å². The summed E-state index contributed by atoms with van der Waals surface area (Å²) in [5.74, 6) is 1.38. The highest BCUT2D eigenvalue weighted by Crippen LogP contribution is 2.37. The van der Waals surface area contributed by atoms with Gasteiger partial charge in [-0.3, -0.25) is 4.79 Å². The van der Waals surface area contributed by atoms with Gasteiger partial charge in [-0.25, -0.2) is 5.43 Å². The molecule has 0 aliphatic carbocycles. The van der Waals surface area contributed by atoms with Gasteiger partial charge in [-0.05, 0) is 54.4 Å². The molecule has 8 nitrogen and oxygen atoms in total. The molecule has 3 aromatic rings. The van der Waals surface area contributed by atoms with Crippen LogP contribution in [0.1, 0.15) is 34.0 Å². The van der Waals surface area contributed by atoms with Crippen LogP contribution in [0.4, 0.5) is 0 Å². The van der Waals surface area contributed by atoms with Crippen molar-refractivity contribution in [1.82, 2.24) is 5.43 Å². The van der Waals surface area contributed by atoms with Crippen molar-refractivity contribution in [3.05, 3.63) is 81.9 Å². The summed E-state index contributed by atoms with van der Waals surface area (Å²) in [7, 11) is 3.01. The topological polar surface area (TPSA) is 102 Å². The zero-order valence-corrected chi connectivity index (χ0v) is 20.3. The van der Waals surface area contributed by atoms with E-state index in [-0.39, 0.29) is 6.61 Å². The molecule has 0 saturated heterocycles. The molecule has 0 bridgehead atoms. The van der Waals surface area contributed by atoms with Gasteiger partial charge in [0.15, 0.2) is 11.5 Å². The minimum atomic E-state index is -0.433. The Kier molecular flexibility index (Phi) is 8.93. The smallest absolute Gasteiger partial charge is 0.271 e. The lowest BCUT2D eigenvalue weighted by Crippen LogP contribution is -2.17. The molecule has 9 heteroatoms. The van der Waals surface area contributed by atoms with Crippen molar-refractivity contribution in [3.63, 3.8) is 0 Å². The molecule has 1 N–H and O–H groups in total. The average molecular weight is 494 g/mol. The molecule has 0 aliphatic rings. The molecule has 0 heterocycles. The Morgan fingerprint density at radius 2 is 1.74 bits per heavy atom. The molecular formula is C26H24ClN3O5. The first kappa shape index (κ1) is 25.4. The van der Waals surface area contributed by atoms with E-state index in [9.17, 15) is 4.79 Å². The largest absolute Gasteiger partial charge is 0.497 e. The van der Waals surface area contributed by atoms with Gasteiger partial charge in [0, 0.05) is 11.6 Å². The number of carbonyl (C=O) groups excluding carboxylic acids is 1. The van der Waals surface area contributed by atoms with Crippen LogP contribution < -0.4 is 24.4 Å². The molecule has 0 unspecified atom stereocenters. The number of methoxy groups -OCH3 is 2. The Morgan fingerprint density at radius 1 is 1.06 bits per heavy atom. The van der Waals surface area contributed by atoms with Gasteiger partial charge in [0.1, 0.15) is 18.1 Å². The first-order valence-corrected chi connectivity index (χ1v) is 11.0. The Morgan fingerprint density at radius 3 is 2.34 bits per heavy atom. The molecule has 35 heavy (non-hydrogen) atoms. The van der Waals surface area contributed by atoms with E-state index in [0.717, 1.165) is 5.56 Å². The molecule has 0 spiro atoms. The van der Waals surface area contributed by atoms with Crippen LogP contribution >= 0.6 is 11.6 Å². The lowest BCUT2D eigenvalue weighted by molar-refractivity contribution is 0.0954. The van der Waals surface area contributed by atoms with E-state index in [0.29, 0.717) is 51.3 Å². The van der Waals surface area contributed by atoms with Gasteiger partial charge < -0.3 is 18.9 Å². The van der Waals surface area contributed by atoms with Gasteiger partial charge >= 0.3 is 0 Å². The molecule has 3 aromatic carbocycles. The maximum absolute atomic E-state index is 12.5. The predicted octanol–water partition coefficient (Wildman–Crippen LogP) is 4.97. The Hall–Kier alpha value is -4.22. The summed E-state index contributed by atoms with van der Waals surface area (Å²) < 4.78 is 22.0. The second-order valence-electron chi connectivity index (χ2n) is 7.16. The number of nitriles is 1. The summed E-state index contributed by atoms with van der Waals surface area (Å²) in [6.07, 6.45) is 1.45. The molecule has 0 aliphatic heterocycles. The number of nitrogens with zero attached hydrogens (tertiary/aromatic N) is 2. The molecule has 0 radical (unpaired) electrons. The molecular weight excluding hydrogens is 470 g/mol. The number of halogens is 1. The van der Waals surface area contributed by atoms with E-state index < -0.39 is 5.91 Å². The monoisotopic (exact) mass is 493 g/mol. The molecule has 180 valence electrons. The molecule has 3 rings (SSSR count). The third-order valence-corrected chi connectivity index (χ3v) is 5.07. The number of amides is 1. The predicted molar refractivity (Wildman–Crippen MR) is 133 cm³/mol. The van der Waals surface area contributed by atoms with Crippen molar-refractivity contribution < 1.29 is 23.7 Å². The van der Waals surface area contributed by atoms with Crippen LogP contribution in [-0.4, -0.2) is 32.9 Å². The van der Waals surface area contributed by atoms with E-state index in [2.05, 4.69) is 16.6 Å². The second-order valence-corrected chi connectivity index (χ2v) is 7.57. The third kappa shape index (κ3) is 6.88. The summed E-state index contributed by atoms with van der Waals surface area (Å²) in [5.41, 5.74) is 4.86. The number of nitrogens with one attached hydrogen (secondary N) is 1. The van der Waals surface area contributed by atoms with E-state index in [1.54, 1.807) is 42.5 Å². The minimum absolute atomic E-state index is 0.249. The lowest BCUT2D eigenvalue weighted by Gasteiger charge is -2.14. The summed E-state index contributed by atoms with van der Waals surface area (Å²) in [6, 6.07) is 17.4. The maximum Gasteiger partial charge on any atom is 0.271 e. The van der Waals surface area contributed by atoms with Crippen LogP contribution in [-0.2, 0) is 6.61 Å². The van der Waals surface area contributed by atoms with Gasteiger partial charge in [0.05, 0.1) is 43.7 Å². The average Bonchev–Trinajstić information content (AvgIpc) is 2.88. The zero-order chi connectivity index (χ0) is 25.2. The van der Waals surface area contributed by atoms with E-state index in [1.807, 2.05) is 19.1 Å². The van der Waals surface area contributed by atoms with Crippen LogP contribution in [0.3, 0.4) is 0 Å². The van der Waals surface area contributed by atoms with Crippen LogP contribution in [0.5, 0.6) is 23.0 Å². The summed E-state index contributed by atoms with van der Waals surface area (Å²) in [5, 5.41) is 13.3. The number of hydrogen-bond donors (Lipinski definition) is 1. The van der Waals surface area contributed by atoms with Crippen molar-refractivity contribution in [2.24, 2.45) is 5.10 Å². The van der Waals surface area contributed by atoms with Gasteiger partial charge in [0.2, 0.25) is 0 Å². The number of hydrogen-bond acceptors (Lipinski definition) is 7. The van der Waals surface area contributed by atoms with Crippen LogP contribution in [0, 0.1) is 11.3 Å². The SMILES string of the molecule is CCOc1cc(/C=N\NC(=O)c2cc(OC)cc(OC)c2)cc(Cl)c1OCc1ccc(C#N)cc1. The number of benzene rings is 3. The fraction of sp³-hybridized carbons (Fsp3) is 0.192. The van der Waals surface area contributed by atoms with Gasteiger partial charge in [-0.1, -0.05) is 23.7 Å². The van der Waals surface area contributed by atoms with Crippen molar-refractivity contribution in [2.75, 3.05) is 20.8 Å². The summed E-state index contributed by atoms with van der Waals surface area (Å²) in [6.45, 7) is 2.50. The van der Waals surface area contributed by atoms with Crippen LogP contribution in [0.25, 0.3) is 0 Å². The fourth-order valence-electron chi connectivity index (χ4n) is 3.07. The van der Waals surface area contributed by atoms with E-state index in [4.69, 9.17) is 35.8 Å². The van der Waals surface area contributed by atoms with Gasteiger partial charge in [0.25, 0.3) is 5.91 Å². The highest BCUT2D eigenvalue weighted by Gasteiger charge is 2.13. The quantitative estimate of drug-likeness (QED) is 0.316. The molecule has 0 fully saturated rings. The second kappa shape index (κ2) is 12.3. The summed E-state index contributed by atoms with van der Waals surface area (Å²) >= 11 is 6.46. The van der Waals surface area contributed by atoms with E-state index in [1.165, 1.54) is 20.4 Å². The van der Waals surface area contributed by atoms with Crippen molar-refractivity contribution in [1.29, 1.82) is 5.26 Å². The first-order chi connectivity index (χ1) is 17.0. The molecule has 0 atom stereocenters. The Balaban J connectivity index is 1.72. The number of carbonyl (C=O) groups is 1. The van der Waals surface area contributed by atoms with Gasteiger partial charge in [-0.2, -0.15) is 10.4 Å².